The number of nitrogens with zero attached hydrogens (tertiary/aromatic N) is 2. The van der Waals surface area contributed by atoms with E-state index in [-0.39, 0.29) is 26.6 Å². The van der Waals surface area contributed by atoms with E-state index < -0.39 is 15.9 Å². The number of amides is 1. The van der Waals surface area contributed by atoms with Crippen molar-refractivity contribution in [2.45, 2.75) is 10.9 Å². The lowest BCUT2D eigenvalue weighted by atomic mass is 10.2. The molecule has 2 N–H and O–H groups in total. The van der Waals surface area contributed by atoms with E-state index in [1.807, 2.05) is 0 Å². The smallest absolute Gasteiger partial charge is 0.270 e. The number of furan rings is 1. The number of rotatable bonds is 6. The molecule has 0 fully saturated rings. The van der Waals surface area contributed by atoms with Crippen LogP contribution >= 0.6 is 22.9 Å². The van der Waals surface area contributed by atoms with Gasteiger partial charge in [-0.05, 0) is 24.3 Å². The average Bonchev–Trinajstić information content (AvgIpc) is 3.25. The summed E-state index contributed by atoms with van der Waals surface area (Å²) in [5, 5.41) is 10.1. The Bertz CT molecular complexity index is 986. The van der Waals surface area contributed by atoms with Crippen LogP contribution in [0.4, 0.5) is 5.13 Å². The van der Waals surface area contributed by atoms with Gasteiger partial charge < -0.3 is 4.42 Å². The quantitative estimate of drug-likeness (QED) is 0.616. The summed E-state index contributed by atoms with van der Waals surface area (Å²) in [5.74, 6) is -0.0467. The molecular formula is C14H11ClN4O4S2. The summed E-state index contributed by atoms with van der Waals surface area (Å²) < 4.78 is 31.5. The molecule has 0 aliphatic rings. The highest BCUT2D eigenvalue weighted by molar-refractivity contribution is 7.91. The van der Waals surface area contributed by atoms with Crippen LogP contribution in [-0.4, -0.2) is 24.5 Å². The summed E-state index contributed by atoms with van der Waals surface area (Å²) in [6.07, 6.45) is 1.44. The van der Waals surface area contributed by atoms with Crippen molar-refractivity contribution in [3.63, 3.8) is 0 Å². The molecule has 1 amide bonds. The minimum absolute atomic E-state index is 0.0176. The van der Waals surface area contributed by atoms with Crippen LogP contribution in [0.2, 0.25) is 5.02 Å². The van der Waals surface area contributed by atoms with Crippen LogP contribution in [-0.2, 0) is 16.6 Å². The summed E-state index contributed by atoms with van der Waals surface area (Å²) in [6.45, 7) is -0.0176. The number of aromatic nitrogens is 2. The predicted molar refractivity (Wildman–Crippen MR) is 92.0 cm³/mol. The lowest BCUT2D eigenvalue weighted by Gasteiger charge is -2.02. The zero-order valence-corrected chi connectivity index (χ0v) is 14.9. The number of hydrogen-bond donors (Lipinski definition) is 2. The molecule has 0 aliphatic carbocycles. The third-order valence-electron chi connectivity index (χ3n) is 2.99. The molecule has 0 unspecified atom stereocenters. The van der Waals surface area contributed by atoms with E-state index in [0.717, 1.165) is 11.3 Å². The average molecular weight is 399 g/mol. The molecule has 0 saturated carbocycles. The van der Waals surface area contributed by atoms with Gasteiger partial charge in [-0.1, -0.05) is 35.1 Å². The molecule has 2 aromatic heterocycles. The Balaban J connectivity index is 1.69. The van der Waals surface area contributed by atoms with Crippen molar-refractivity contribution in [1.82, 2.24) is 14.9 Å². The first-order valence-electron chi connectivity index (χ1n) is 6.87. The topological polar surface area (TPSA) is 114 Å². The molecule has 3 aromatic rings. The molecule has 130 valence electrons. The van der Waals surface area contributed by atoms with Crippen LogP contribution in [0.5, 0.6) is 0 Å². The number of anilines is 1. The van der Waals surface area contributed by atoms with Gasteiger partial charge in [-0.25, -0.2) is 13.1 Å². The van der Waals surface area contributed by atoms with Crippen molar-refractivity contribution in [1.29, 1.82) is 0 Å². The first-order valence-corrected chi connectivity index (χ1v) is 9.55. The van der Waals surface area contributed by atoms with Gasteiger partial charge in [0.1, 0.15) is 5.76 Å². The Labute approximate surface area is 151 Å². The van der Waals surface area contributed by atoms with Crippen LogP contribution in [0.3, 0.4) is 0 Å². The second-order valence-corrected chi connectivity index (χ2v) is 8.04. The van der Waals surface area contributed by atoms with E-state index in [2.05, 4.69) is 20.2 Å². The number of carbonyl (C=O) groups is 1. The maximum atomic E-state index is 12.2. The van der Waals surface area contributed by atoms with Crippen LogP contribution < -0.4 is 10.0 Å². The van der Waals surface area contributed by atoms with Crippen LogP contribution in [0, 0.1) is 0 Å². The minimum atomic E-state index is -3.87. The fourth-order valence-electron chi connectivity index (χ4n) is 1.82. The van der Waals surface area contributed by atoms with Crippen molar-refractivity contribution in [2.75, 3.05) is 5.32 Å². The number of benzene rings is 1. The molecule has 0 spiro atoms. The second kappa shape index (κ2) is 7.31. The van der Waals surface area contributed by atoms with Crippen molar-refractivity contribution < 1.29 is 17.6 Å². The Morgan fingerprint density at radius 1 is 1.20 bits per heavy atom. The SMILES string of the molecule is O=C(Nc1nnc(S(=O)(=O)NCc2ccco2)s1)c1ccccc1Cl. The standard InChI is InChI=1S/C14H11ClN4O4S2/c15-11-6-2-1-5-10(11)12(20)17-13-18-19-14(24-13)25(21,22)16-8-9-4-3-7-23-9/h1-7,16H,8H2,(H,17,18,20). The molecule has 25 heavy (non-hydrogen) atoms. The zero-order valence-electron chi connectivity index (χ0n) is 12.5. The van der Waals surface area contributed by atoms with Gasteiger partial charge in [0, 0.05) is 0 Å². The Morgan fingerprint density at radius 3 is 2.72 bits per heavy atom. The maximum Gasteiger partial charge on any atom is 0.270 e. The van der Waals surface area contributed by atoms with Crippen molar-refractivity contribution in [3.8, 4) is 0 Å². The summed E-state index contributed by atoms with van der Waals surface area (Å²) in [5.41, 5.74) is 0.250. The summed E-state index contributed by atoms with van der Waals surface area (Å²) in [4.78, 5) is 12.1. The molecule has 0 radical (unpaired) electrons. The molecule has 3 rings (SSSR count). The molecule has 0 atom stereocenters. The van der Waals surface area contributed by atoms with Crippen LogP contribution in [0.1, 0.15) is 16.1 Å². The largest absolute Gasteiger partial charge is 0.468 e. The van der Waals surface area contributed by atoms with Crippen molar-refractivity contribution in [3.05, 3.63) is 59.0 Å². The summed E-state index contributed by atoms with van der Waals surface area (Å²) >= 11 is 6.67. The lowest BCUT2D eigenvalue weighted by Crippen LogP contribution is -2.22. The maximum absolute atomic E-state index is 12.2. The number of halogens is 1. The number of nitrogens with one attached hydrogen (secondary N) is 2. The molecule has 0 saturated heterocycles. The summed E-state index contributed by atoms with van der Waals surface area (Å²) in [6, 6.07) is 9.76. The van der Waals surface area contributed by atoms with E-state index in [0.29, 0.717) is 5.76 Å². The minimum Gasteiger partial charge on any atom is -0.468 e. The summed E-state index contributed by atoms with van der Waals surface area (Å²) in [7, 11) is -3.87. The fourth-order valence-corrected chi connectivity index (χ4v) is 3.97. The van der Waals surface area contributed by atoms with Gasteiger partial charge in [0.15, 0.2) is 0 Å². The highest BCUT2D eigenvalue weighted by Gasteiger charge is 2.21. The second-order valence-electron chi connectivity index (χ2n) is 4.71. The van der Waals surface area contributed by atoms with Gasteiger partial charge in [-0.15, -0.1) is 10.2 Å². The molecule has 0 aliphatic heterocycles. The first-order chi connectivity index (χ1) is 12.0. The van der Waals surface area contributed by atoms with E-state index in [4.69, 9.17) is 16.0 Å². The molecule has 2 heterocycles. The fraction of sp³-hybridized carbons (Fsp3) is 0.0714. The van der Waals surface area contributed by atoms with Gasteiger partial charge in [0.2, 0.25) is 9.47 Å². The third kappa shape index (κ3) is 4.23. The molecule has 11 heteroatoms. The van der Waals surface area contributed by atoms with Gasteiger partial charge in [0.05, 0.1) is 23.4 Å². The van der Waals surface area contributed by atoms with Crippen molar-refractivity contribution in [2.24, 2.45) is 0 Å². The molecule has 0 bridgehead atoms. The molecular weight excluding hydrogens is 388 g/mol. The monoisotopic (exact) mass is 398 g/mol. The number of sulfonamides is 1. The molecule has 8 nitrogen and oxygen atoms in total. The number of hydrogen-bond acceptors (Lipinski definition) is 7. The lowest BCUT2D eigenvalue weighted by molar-refractivity contribution is 0.102. The van der Waals surface area contributed by atoms with E-state index >= 15 is 0 Å². The van der Waals surface area contributed by atoms with Crippen molar-refractivity contribution >= 4 is 44.0 Å². The Kier molecular flexibility index (Phi) is 5.13. The highest BCUT2D eigenvalue weighted by atomic mass is 35.5. The Hall–Kier alpha value is -2.27. The van der Waals surface area contributed by atoms with Gasteiger partial charge in [-0.3, -0.25) is 10.1 Å². The van der Waals surface area contributed by atoms with Gasteiger partial charge in [-0.2, -0.15) is 0 Å². The third-order valence-corrected chi connectivity index (χ3v) is 5.93. The predicted octanol–water partition coefficient (Wildman–Crippen LogP) is 2.52. The highest BCUT2D eigenvalue weighted by Crippen LogP contribution is 2.22. The molecule has 1 aromatic carbocycles. The van der Waals surface area contributed by atoms with E-state index in [1.54, 1.807) is 36.4 Å². The van der Waals surface area contributed by atoms with Crippen LogP contribution in [0.15, 0.2) is 51.4 Å². The van der Waals surface area contributed by atoms with Gasteiger partial charge in [0.25, 0.3) is 15.9 Å². The van der Waals surface area contributed by atoms with E-state index in [9.17, 15) is 13.2 Å². The normalized spacial score (nSPS) is 11.4. The van der Waals surface area contributed by atoms with Crippen LogP contribution in [0.25, 0.3) is 0 Å². The first kappa shape index (κ1) is 17.5. The van der Waals surface area contributed by atoms with E-state index in [1.165, 1.54) is 6.26 Å². The Morgan fingerprint density at radius 2 is 2.00 bits per heavy atom. The zero-order chi connectivity index (χ0) is 17.9. The van der Waals surface area contributed by atoms with Gasteiger partial charge >= 0.3 is 0 Å². The number of carbonyl (C=O) groups excluding carboxylic acids is 1.